The summed E-state index contributed by atoms with van der Waals surface area (Å²) < 4.78 is 1.97. The number of carbonyl (C=O) groups is 1. The summed E-state index contributed by atoms with van der Waals surface area (Å²) in [4.78, 5) is 26.5. The first-order chi connectivity index (χ1) is 18.5. The average Bonchev–Trinajstić information content (AvgIpc) is 3.32. The number of aliphatic hydroxyl groups excluding tert-OH is 1. The zero-order chi connectivity index (χ0) is 26.5. The predicted octanol–water partition coefficient (Wildman–Crippen LogP) is 4.60. The third-order valence-corrected chi connectivity index (χ3v) is 6.56. The highest BCUT2D eigenvalue weighted by molar-refractivity contribution is 6.04. The standard InChI is InChI=1S/C29H31N7O2/c1-3-36-18-30-26-27(34-29(35-28(26)36)33-21-11-13-24(37)14-12-21)32-23-9-5-8-22(17-23)31-25(38)15-10-20-7-4-6-19(2)16-20/h4-9,16-18,21,24,37H,3,11-14H2,1-2H3,(H,31,38)(H2,32,33,34,35). The number of aryl methyl sites for hydroxylation is 2. The number of aromatic nitrogens is 4. The highest BCUT2D eigenvalue weighted by Gasteiger charge is 2.21. The van der Waals surface area contributed by atoms with Crippen molar-refractivity contribution in [3.63, 3.8) is 0 Å². The third-order valence-electron chi connectivity index (χ3n) is 6.56. The SMILES string of the molecule is CCn1cnc2c(Nc3cccc(NC(=O)C#Cc4cccc(C)c4)c3)nc(NC3CCC(O)CC3)nc21. The first kappa shape index (κ1) is 25.2. The minimum Gasteiger partial charge on any atom is -0.393 e. The van der Waals surface area contributed by atoms with Crippen molar-refractivity contribution in [3.05, 3.63) is 66.0 Å². The second kappa shape index (κ2) is 11.3. The molecule has 0 aliphatic heterocycles. The summed E-state index contributed by atoms with van der Waals surface area (Å²) >= 11 is 0. The lowest BCUT2D eigenvalue weighted by atomic mass is 9.93. The van der Waals surface area contributed by atoms with E-state index in [0.717, 1.165) is 54.7 Å². The molecule has 9 heteroatoms. The van der Waals surface area contributed by atoms with Crippen LogP contribution in [0, 0.1) is 18.8 Å². The summed E-state index contributed by atoms with van der Waals surface area (Å²) in [5.74, 6) is 6.26. The molecule has 9 nitrogen and oxygen atoms in total. The van der Waals surface area contributed by atoms with Crippen molar-refractivity contribution in [2.75, 3.05) is 16.0 Å². The van der Waals surface area contributed by atoms with Crippen LogP contribution in [0.15, 0.2) is 54.9 Å². The summed E-state index contributed by atoms with van der Waals surface area (Å²) in [6, 6.07) is 15.3. The Kier molecular flexibility index (Phi) is 7.52. The van der Waals surface area contributed by atoms with E-state index in [1.807, 2.05) is 66.9 Å². The number of hydrogen-bond donors (Lipinski definition) is 4. The average molecular weight is 510 g/mol. The molecule has 0 bridgehead atoms. The molecule has 1 aliphatic rings. The molecule has 1 aliphatic carbocycles. The largest absolute Gasteiger partial charge is 0.393 e. The number of hydrogen-bond acceptors (Lipinski definition) is 7. The zero-order valence-corrected chi connectivity index (χ0v) is 21.5. The highest BCUT2D eigenvalue weighted by atomic mass is 16.3. The molecule has 2 aromatic carbocycles. The predicted molar refractivity (Wildman–Crippen MR) is 149 cm³/mol. The smallest absolute Gasteiger partial charge is 0.300 e. The third kappa shape index (κ3) is 6.10. The second-order valence-corrected chi connectivity index (χ2v) is 9.53. The molecule has 0 atom stereocenters. The lowest BCUT2D eigenvalue weighted by molar-refractivity contribution is -0.111. The van der Waals surface area contributed by atoms with E-state index in [9.17, 15) is 9.90 Å². The molecule has 4 aromatic rings. The number of benzene rings is 2. The first-order valence-corrected chi connectivity index (χ1v) is 12.9. The monoisotopic (exact) mass is 509 g/mol. The number of rotatable bonds is 6. The van der Waals surface area contributed by atoms with E-state index in [2.05, 4.69) is 32.8 Å². The van der Waals surface area contributed by atoms with Gasteiger partial charge in [-0.1, -0.05) is 24.1 Å². The van der Waals surface area contributed by atoms with Crippen LogP contribution in [0.1, 0.15) is 43.7 Å². The zero-order valence-electron chi connectivity index (χ0n) is 21.5. The number of imidazole rings is 1. The maximum Gasteiger partial charge on any atom is 0.300 e. The fourth-order valence-corrected chi connectivity index (χ4v) is 4.56. The van der Waals surface area contributed by atoms with Crippen LogP contribution in [0.4, 0.5) is 23.1 Å². The van der Waals surface area contributed by atoms with E-state index in [1.165, 1.54) is 0 Å². The Morgan fingerprint density at radius 3 is 2.66 bits per heavy atom. The molecule has 0 spiro atoms. The summed E-state index contributed by atoms with van der Waals surface area (Å²) in [7, 11) is 0. The summed E-state index contributed by atoms with van der Waals surface area (Å²) in [5, 5.41) is 19.5. The van der Waals surface area contributed by atoms with Crippen LogP contribution < -0.4 is 16.0 Å². The molecule has 1 fully saturated rings. The van der Waals surface area contributed by atoms with E-state index in [4.69, 9.17) is 9.97 Å². The molecular formula is C29H31N7O2. The van der Waals surface area contributed by atoms with E-state index < -0.39 is 0 Å². The van der Waals surface area contributed by atoms with Gasteiger partial charge in [-0.05, 0) is 75.4 Å². The normalized spacial score (nSPS) is 16.9. The van der Waals surface area contributed by atoms with Gasteiger partial charge in [0.1, 0.15) is 0 Å². The molecule has 0 radical (unpaired) electrons. The number of fused-ring (bicyclic) bond motifs is 1. The van der Waals surface area contributed by atoms with Crippen LogP contribution in [0.5, 0.6) is 0 Å². The van der Waals surface area contributed by atoms with E-state index in [1.54, 1.807) is 6.33 Å². The quantitative estimate of drug-likeness (QED) is 0.281. The van der Waals surface area contributed by atoms with Crippen molar-refractivity contribution >= 4 is 40.2 Å². The molecule has 4 N–H and O–H groups in total. The molecule has 194 valence electrons. The summed E-state index contributed by atoms with van der Waals surface area (Å²) in [6.07, 6.45) is 4.81. The van der Waals surface area contributed by atoms with Gasteiger partial charge in [0.05, 0.1) is 12.4 Å². The lowest BCUT2D eigenvalue weighted by Gasteiger charge is -2.26. The van der Waals surface area contributed by atoms with Crippen molar-refractivity contribution in [1.82, 2.24) is 19.5 Å². The Bertz CT molecular complexity index is 1510. The number of amides is 1. The van der Waals surface area contributed by atoms with Crippen LogP contribution in [0.2, 0.25) is 0 Å². The molecule has 38 heavy (non-hydrogen) atoms. The first-order valence-electron chi connectivity index (χ1n) is 12.9. The topological polar surface area (TPSA) is 117 Å². The van der Waals surface area contributed by atoms with Crippen LogP contribution in [0.3, 0.4) is 0 Å². The molecule has 2 heterocycles. The summed E-state index contributed by atoms with van der Waals surface area (Å²) in [6.45, 7) is 4.76. The van der Waals surface area contributed by atoms with Crippen molar-refractivity contribution in [2.45, 2.75) is 58.2 Å². The van der Waals surface area contributed by atoms with Crippen LogP contribution in [0.25, 0.3) is 11.2 Å². The molecule has 2 aromatic heterocycles. The molecule has 0 unspecified atom stereocenters. The Morgan fingerprint density at radius 1 is 1.08 bits per heavy atom. The van der Waals surface area contributed by atoms with E-state index in [-0.39, 0.29) is 18.1 Å². The van der Waals surface area contributed by atoms with Gasteiger partial charge in [0, 0.05) is 35.4 Å². The van der Waals surface area contributed by atoms with Crippen LogP contribution in [-0.2, 0) is 11.3 Å². The second-order valence-electron chi connectivity index (χ2n) is 9.53. The van der Waals surface area contributed by atoms with Gasteiger partial charge in [-0.2, -0.15) is 9.97 Å². The Morgan fingerprint density at radius 2 is 1.87 bits per heavy atom. The minimum atomic E-state index is -0.390. The molecule has 1 amide bonds. The van der Waals surface area contributed by atoms with E-state index in [0.29, 0.717) is 23.0 Å². The van der Waals surface area contributed by atoms with Gasteiger partial charge in [-0.15, -0.1) is 0 Å². The van der Waals surface area contributed by atoms with Gasteiger partial charge in [0.15, 0.2) is 17.0 Å². The van der Waals surface area contributed by atoms with Gasteiger partial charge in [0.25, 0.3) is 0 Å². The Labute approximate surface area is 221 Å². The van der Waals surface area contributed by atoms with Crippen molar-refractivity contribution in [1.29, 1.82) is 0 Å². The highest BCUT2D eigenvalue weighted by Crippen LogP contribution is 2.27. The number of nitrogens with one attached hydrogen (secondary N) is 3. The van der Waals surface area contributed by atoms with Crippen LogP contribution in [-0.4, -0.2) is 42.7 Å². The lowest BCUT2D eigenvalue weighted by Crippen LogP contribution is -2.29. The molecule has 5 rings (SSSR count). The fraction of sp³-hybridized carbons (Fsp3) is 0.310. The number of carbonyl (C=O) groups excluding carboxylic acids is 1. The number of anilines is 4. The van der Waals surface area contributed by atoms with Crippen molar-refractivity contribution in [3.8, 4) is 11.8 Å². The Hall–Kier alpha value is -4.42. The van der Waals surface area contributed by atoms with Crippen molar-refractivity contribution < 1.29 is 9.90 Å². The van der Waals surface area contributed by atoms with Gasteiger partial charge < -0.3 is 25.6 Å². The maximum absolute atomic E-state index is 12.4. The van der Waals surface area contributed by atoms with Gasteiger partial charge in [-0.3, -0.25) is 4.79 Å². The van der Waals surface area contributed by atoms with Gasteiger partial charge >= 0.3 is 5.91 Å². The fourth-order valence-electron chi connectivity index (χ4n) is 4.56. The maximum atomic E-state index is 12.4. The van der Waals surface area contributed by atoms with Crippen LogP contribution >= 0.6 is 0 Å². The Balaban J connectivity index is 1.35. The van der Waals surface area contributed by atoms with Gasteiger partial charge in [0.2, 0.25) is 5.95 Å². The minimum absolute atomic E-state index is 0.209. The molecular weight excluding hydrogens is 478 g/mol. The number of nitrogens with zero attached hydrogens (tertiary/aromatic N) is 4. The molecule has 0 saturated heterocycles. The number of aliphatic hydroxyl groups is 1. The summed E-state index contributed by atoms with van der Waals surface area (Å²) in [5.41, 5.74) is 4.64. The molecule has 1 saturated carbocycles. The van der Waals surface area contributed by atoms with E-state index >= 15 is 0 Å². The van der Waals surface area contributed by atoms with Gasteiger partial charge in [-0.25, -0.2) is 4.98 Å². The van der Waals surface area contributed by atoms with Crippen molar-refractivity contribution in [2.24, 2.45) is 0 Å².